The summed E-state index contributed by atoms with van der Waals surface area (Å²) in [4.78, 5) is 25.9. The molecule has 0 saturated heterocycles. The van der Waals surface area contributed by atoms with Gasteiger partial charge in [0.15, 0.2) is 5.78 Å². The second-order valence-electron chi connectivity index (χ2n) is 6.24. The molecule has 0 amide bonds. The minimum Gasteiger partial charge on any atom is -0.497 e. The van der Waals surface area contributed by atoms with Crippen LogP contribution in [-0.4, -0.2) is 24.1 Å². The number of halogens is 2. The third kappa shape index (κ3) is 4.76. The predicted molar refractivity (Wildman–Crippen MR) is 117 cm³/mol. The molecule has 0 saturated carbocycles. The maximum absolute atomic E-state index is 13.0. The molecule has 0 aliphatic rings. The third-order valence-electron chi connectivity index (χ3n) is 4.41. The first-order chi connectivity index (χ1) is 14.0. The number of alkyl halides is 1. The van der Waals surface area contributed by atoms with Gasteiger partial charge in [0.2, 0.25) is 5.78 Å². The zero-order valence-corrected chi connectivity index (χ0v) is 17.2. The van der Waals surface area contributed by atoms with Gasteiger partial charge in [-0.05, 0) is 17.7 Å². The summed E-state index contributed by atoms with van der Waals surface area (Å²) >= 11 is 13.1. The zero-order valence-electron chi connectivity index (χ0n) is 15.6. The molecule has 0 aliphatic heterocycles. The van der Waals surface area contributed by atoms with Gasteiger partial charge in [0.1, 0.15) is 11.1 Å². The number of allylic oxidation sites excluding steroid dienone is 2. The van der Waals surface area contributed by atoms with E-state index in [1.54, 1.807) is 79.9 Å². The largest absolute Gasteiger partial charge is 0.497 e. The van der Waals surface area contributed by atoms with Crippen molar-refractivity contribution in [3.63, 3.8) is 0 Å². The lowest BCUT2D eigenvalue weighted by molar-refractivity contribution is 0.100. The van der Waals surface area contributed by atoms with Gasteiger partial charge in [-0.3, -0.25) is 9.59 Å². The van der Waals surface area contributed by atoms with Crippen LogP contribution >= 0.6 is 23.2 Å². The van der Waals surface area contributed by atoms with E-state index < -0.39 is 11.2 Å². The summed E-state index contributed by atoms with van der Waals surface area (Å²) in [5.41, 5.74) is 1.69. The predicted octanol–water partition coefficient (Wildman–Crippen LogP) is 6.02. The normalized spacial score (nSPS) is 12.7. The molecule has 1 atom stereocenters. The number of Topliss-reactive ketones (excluding diaryl/α,β-unsaturated/α-hetero) is 2. The summed E-state index contributed by atoms with van der Waals surface area (Å²) in [7, 11) is 1.56. The highest BCUT2D eigenvalue weighted by Crippen LogP contribution is 2.33. The van der Waals surface area contributed by atoms with Crippen LogP contribution in [0.15, 0.2) is 90.0 Å². The van der Waals surface area contributed by atoms with Gasteiger partial charge < -0.3 is 4.74 Å². The molecule has 5 heteroatoms. The van der Waals surface area contributed by atoms with Crippen molar-refractivity contribution in [3.8, 4) is 5.75 Å². The number of methoxy groups -OCH3 is 1. The van der Waals surface area contributed by atoms with E-state index in [0.29, 0.717) is 22.4 Å². The van der Waals surface area contributed by atoms with E-state index in [0.717, 1.165) is 0 Å². The molecule has 29 heavy (non-hydrogen) atoms. The molecule has 3 aromatic rings. The number of benzene rings is 3. The Hall–Kier alpha value is -2.88. The van der Waals surface area contributed by atoms with Crippen LogP contribution in [0.4, 0.5) is 0 Å². The molecule has 0 spiro atoms. The highest BCUT2D eigenvalue weighted by Gasteiger charge is 2.28. The van der Waals surface area contributed by atoms with Gasteiger partial charge in [-0.15, -0.1) is 11.6 Å². The van der Waals surface area contributed by atoms with Crippen LogP contribution in [-0.2, 0) is 0 Å². The van der Waals surface area contributed by atoms with Crippen molar-refractivity contribution < 1.29 is 14.3 Å². The van der Waals surface area contributed by atoms with Crippen LogP contribution in [0.2, 0.25) is 0 Å². The summed E-state index contributed by atoms with van der Waals surface area (Å²) in [5, 5.41) is -1.23. The smallest absolute Gasteiger partial charge is 0.204 e. The summed E-state index contributed by atoms with van der Waals surface area (Å²) < 4.78 is 5.19. The number of carbonyl (C=O) groups is 2. The van der Waals surface area contributed by atoms with Crippen LogP contribution in [0.1, 0.15) is 26.3 Å². The standard InChI is InChI=1S/C24H18Cl2O3/c1-29-19-14-12-16(13-15-19)20(21(25)23(27)17-8-4-2-5-9-17)22(26)24(28)18-10-6-3-7-11-18/h2-15,21H,1H3. The topological polar surface area (TPSA) is 43.4 Å². The third-order valence-corrected chi connectivity index (χ3v) is 5.21. The van der Waals surface area contributed by atoms with Crippen molar-refractivity contribution in [1.29, 1.82) is 0 Å². The minimum atomic E-state index is -1.13. The molecule has 0 aromatic heterocycles. The fourth-order valence-corrected chi connectivity index (χ4v) is 3.62. The van der Waals surface area contributed by atoms with E-state index >= 15 is 0 Å². The van der Waals surface area contributed by atoms with E-state index in [4.69, 9.17) is 27.9 Å². The Morgan fingerprint density at radius 3 is 1.79 bits per heavy atom. The van der Waals surface area contributed by atoms with E-state index in [-0.39, 0.29) is 16.4 Å². The van der Waals surface area contributed by atoms with E-state index in [9.17, 15) is 9.59 Å². The molecular weight excluding hydrogens is 407 g/mol. The van der Waals surface area contributed by atoms with Gasteiger partial charge in [0.05, 0.1) is 12.1 Å². The number of hydrogen-bond donors (Lipinski definition) is 0. The maximum atomic E-state index is 13.0. The molecule has 0 heterocycles. The molecule has 0 aliphatic carbocycles. The quantitative estimate of drug-likeness (QED) is 0.264. The van der Waals surface area contributed by atoms with Gasteiger partial charge in [-0.25, -0.2) is 0 Å². The molecule has 146 valence electrons. The fraction of sp³-hybridized carbons (Fsp3) is 0.0833. The average Bonchev–Trinajstić information content (AvgIpc) is 2.79. The monoisotopic (exact) mass is 424 g/mol. The van der Waals surface area contributed by atoms with Gasteiger partial charge in [0.25, 0.3) is 0 Å². The molecule has 3 rings (SSSR count). The number of carbonyl (C=O) groups excluding carboxylic acids is 2. The van der Waals surface area contributed by atoms with Crippen molar-refractivity contribution in [3.05, 3.63) is 107 Å². The SMILES string of the molecule is COc1ccc(C(=C(Cl)C(=O)c2ccccc2)C(Cl)C(=O)c2ccccc2)cc1. The summed E-state index contributed by atoms with van der Waals surface area (Å²) in [6.07, 6.45) is 0. The van der Waals surface area contributed by atoms with Crippen molar-refractivity contribution in [2.75, 3.05) is 7.11 Å². The number of rotatable bonds is 7. The lowest BCUT2D eigenvalue weighted by Gasteiger charge is -2.17. The van der Waals surface area contributed by atoms with Crippen molar-refractivity contribution >= 4 is 40.3 Å². The van der Waals surface area contributed by atoms with Crippen LogP contribution in [0.3, 0.4) is 0 Å². The molecule has 0 N–H and O–H groups in total. The lowest BCUT2D eigenvalue weighted by Crippen LogP contribution is -2.19. The minimum absolute atomic E-state index is 0.0920. The van der Waals surface area contributed by atoms with Crippen LogP contribution in [0, 0.1) is 0 Å². The van der Waals surface area contributed by atoms with Crippen LogP contribution < -0.4 is 4.74 Å². The Bertz CT molecular complexity index is 1030. The lowest BCUT2D eigenvalue weighted by atomic mass is 9.94. The summed E-state index contributed by atoms with van der Waals surface area (Å²) in [6, 6.07) is 24.2. The highest BCUT2D eigenvalue weighted by atomic mass is 35.5. The Balaban J connectivity index is 2.10. The molecule has 0 fully saturated rings. The van der Waals surface area contributed by atoms with E-state index in [2.05, 4.69) is 0 Å². The van der Waals surface area contributed by atoms with E-state index in [1.807, 2.05) is 12.1 Å². The molecule has 0 bridgehead atoms. The summed E-state index contributed by atoms with van der Waals surface area (Å²) in [6.45, 7) is 0. The van der Waals surface area contributed by atoms with Crippen LogP contribution in [0.25, 0.3) is 5.57 Å². The molecular formula is C24H18Cl2O3. The van der Waals surface area contributed by atoms with Gasteiger partial charge >= 0.3 is 0 Å². The second-order valence-corrected chi connectivity index (χ2v) is 7.06. The molecule has 3 nitrogen and oxygen atoms in total. The van der Waals surface area contributed by atoms with Gasteiger partial charge in [-0.2, -0.15) is 0 Å². The maximum Gasteiger partial charge on any atom is 0.204 e. The van der Waals surface area contributed by atoms with Gasteiger partial charge in [0, 0.05) is 16.7 Å². The fourth-order valence-electron chi connectivity index (χ4n) is 2.87. The first-order valence-corrected chi connectivity index (χ1v) is 9.71. The Kier molecular flexibility index (Phi) is 6.86. The van der Waals surface area contributed by atoms with Crippen molar-refractivity contribution in [1.82, 2.24) is 0 Å². The molecule has 1 unspecified atom stereocenters. The first kappa shape index (κ1) is 20.8. The first-order valence-electron chi connectivity index (χ1n) is 8.90. The van der Waals surface area contributed by atoms with Crippen molar-refractivity contribution in [2.24, 2.45) is 0 Å². The zero-order chi connectivity index (χ0) is 20.8. The van der Waals surface area contributed by atoms with Crippen LogP contribution in [0.5, 0.6) is 5.75 Å². The highest BCUT2D eigenvalue weighted by molar-refractivity contribution is 6.51. The Labute approximate surface area is 179 Å². The molecule has 3 aromatic carbocycles. The molecule has 0 radical (unpaired) electrons. The number of hydrogen-bond acceptors (Lipinski definition) is 3. The number of ketones is 2. The van der Waals surface area contributed by atoms with E-state index in [1.165, 1.54) is 0 Å². The number of ether oxygens (including phenoxy) is 1. The Morgan fingerprint density at radius 1 is 0.759 bits per heavy atom. The average molecular weight is 425 g/mol. The van der Waals surface area contributed by atoms with Crippen molar-refractivity contribution in [2.45, 2.75) is 5.38 Å². The second kappa shape index (κ2) is 9.55. The summed E-state index contributed by atoms with van der Waals surface area (Å²) in [5.74, 6) is -0.0965. The Morgan fingerprint density at radius 2 is 1.28 bits per heavy atom. The van der Waals surface area contributed by atoms with Gasteiger partial charge in [-0.1, -0.05) is 84.4 Å².